The molecule has 0 aliphatic heterocycles. The second-order valence-corrected chi connectivity index (χ2v) is 9.60. The van der Waals surface area contributed by atoms with E-state index >= 15 is 0 Å². The number of carboxylic acid groups (broad SMARTS) is 2. The summed E-state index contributed by atoms with van der Waals surface area (Å²) in [6.45, 7) is 4.43. The number of para-hydroxylation sites is 1. The van der Waals surface area contributed by atoms with E-state index in [0.29, 0.717) is 0.199 Å². The maximum absolute atomic E-state index is 10.2. The summed E-state index contributed by atoms with van der Waals surface area (Å²) in [4.78, 5) is 20.0. The third-order valence-electron chi connectivity index (χ3n) is 3.67. The summed E-state index contributed by atoms with van der Waals surface area (Å²) in [6.07, 6.45) is 3.63. The fourth-order valence-corrected chi connectivity index (χ4v) is 2.98. The number of carbonyl (C=O) groups is 2. The Balaban J connectivity index is 0.000000516. The van der Waals surface area contributed by atoms with Crippen molar-refractivity contribution in [2.24, 2.45) is 0 Å². The van der Waals surface area contributed by atoms with Crippen LogP contribution in [0.3, 0.4) is 0 Å². The van der Waals surface area contributed by atoms with Gasteiger partial charge in [0.25, 0.3) is 10.1 Å². The Morgan fingerprint density at radius 3 is 2.19 bits per heavy atom. The van der Waals surface area contributed by atoms with Crippen LogP contribution in [0, 0.1) is 0 Å². The van der Waals surface area contributed by atoms with Gasteiger partial charge in [0.15, 0.2) is 5.25 Å². The van der Waals surface area contributed by atoms with Crippen molar-refractivity contribution >= 4 is 71.0 Å². The van der Waals surface area contributed by atoms with Crippen LogP contribution in [-0.2, 0) is 26.1 Å². The summed E-state index contributed by atoms with van der Waals surface area (Å²) in [5.41, 5.74) is 1.38. The second kappa shape index (κ2) is 13.6. The first-order valence-corrected chi connectivity index (χ1v) is 12.0. The maximum atomic E-state index is 10.2. The molecule has 3 N–H and O–H groups in total. The minimum absolute atomic E-state index is 0.500. The number of aryl methyl sites for hydroxylation is 1. The van der Waals surface area contributed by atoms with Crippen LogP contribution in [0.5, 0.6) is 5.75 Å². The van der Waals surface area contributed by atoms with Gasteiger partial charge < -0.3 is 10.2 Å². The summed E-state index contributed by atoms with van der Waals surface area (Å²) in [5.74, 6) is -2.38. The molecule has 0 bridgehead atoms. The van der Waals surface area contributed by atoms with E-state index in [1.165, 1.54) is 18.4 Å². The molecule has 8 nitrogen and oxygen atoms in total. The zero-order valence-corrected chi connectivity index (χ0v) is 19.7. The fraction of sp³-hybridized carbons (Fsp3) is 0.529. The molecule has 0 aromatic heterocycles. The van der Waals surface area contributed by atoms with E-state index in [1.807, 2.05) is 0 Å². The van der Waals surface area contributed by atoms with Crippen molar-refractivity contribution in [2.75, 3.05) is 0 Å². The molecular weight excluding hydrogens is 403 g/mol. The summed E-state index contributed by atoms with van der Waals surface area (Å²) in [6, 6.07) is 8.48. The first-order valence-electron chi connectivity index (χ1n) is 8.68. The Labute approximate surface area is 193 Å². The van der Waals surface area contributed by atoms with E-state index < -0.39 is 33.7 Å². The molecule has 1 rings (SSSR count). The molecule has 0 aliphatic rings. The van der Waals surface area contributed by atoms with Gasteiger partial charge in [0, 0.05) is 0 Å². The summed E-state index contributed by atoms with van der Waals surface area (Å²) in [7, 11) is -4.84. The predicted octanol–water partition coefficient (Wildman–Crippen LogP) is 2.11. The number of benzene rings is 1. The van der Waals surface area contributed by atoms with E-state index in [-0.39, 0.29) is 0 Å². The third kappa shape index (κ3) is 11.8. The van der Waals surface area contributed by atoms with E-state index in [0.717, 1.165) is 67.5 Å². The van der Waals surface area contributed by atoms with Crippen molar-refractivity contribution in [2.45, 2.75) is 51.4 Å². The molecule has 0 aliphatic carbocycles. The average molecular weight is 429 g/mol. The molecule has 148 valence electrons. The van der Waals surface area contributed by atoms with Gasteiger partial charge in [0.2, 0.25) is 0 Å². The van der Waals surface area contributed by atoms with Crippen LogP contribution < -0.4 is 4.74 Å². The van der Waals surface area contributed by atoms with Gasteiger partial charge in [-0.1, -0.05) is 0 Å². The van der Waals surface area contributed by atoms with E-state index in [9.17, 15) is 18.0 Å². The number of rotatable bonds is 10. The molecule has 2 unspecified atom stereocenters. The molecule has 0 radical (unpaired) electrons. The van der Waals surface area contributed by atoms with Crippen molar-refractivity contribution in [1.29, 1.82) is 0 Å². The third-order valence-corrected chi connectivity index (χ3v) is 6.40. The van der Waals surface area contributed by atoms with Crippen molar-refractivity contribution in [3.63, 3.8) is 0 Å². The van der Waals surface area contributed by atoms with E-state index in [4.69, 9.17) is 19.5 Å². The largest absolute Gasteiger partial charge is 0.481 e. The van der Waals surface area contributed by atoms with Crippen molar-refractivity contribution in [1.82, 2.24) is 0 Å². The van der Waals surface area contributed by atoms with Gasteiger partial charge >= 0.3 is 141 Å². The molecule has 0 saturated heterocycles. The Kier molecular flexibility index (Phi) is 13.4. The minimum atomic E-state index is -4.84. The van der Waals surface area contributed by atoms with Crippen molar-refractivity contribution < 1.29 is 37.5 Å². The van der Waals surface area contributed by atoms with Crippen molar-refractivity contribution in [3.8, 4) is 5.75 Å². The Morgan fingerprint density at radius 1 is 1.19 bits per heavy atom. The minimum Gasteiger partial charge on any atom is -0.481 e. The van der Waals surface area contributed by atoms with E-state index in [2.05, 4.69) is 38.1 Å². The standard InChI is InChI=1S/C13H19O.C4H6O7S.K/c1-3-5-8-12-9-6-7-10-13(12)14-11-4-2;5-3(6)1-2(4(7)8)12(9,10)11;/h6-7,9-11H,3-5,8H2,1-2H3;2H,1H2,(H,5,6)(H,7,8)(H,9,10,11);. The molecule has 0 spiro atoms. The van der Waals surface area contributed by atoms with Crippen LogP contribution in [0.25, 0.3) is 0 Å². The normalized spacial score (nSPS) is 13.1. The molecule has 1 aromatic carbocycles. The molecule has 10 heteroatoms. The number of ether oxygens (including phenoxy) is 1. The molecule has 0 amide bonds. The number of aliphatic carboxylic acids is 2. The first-order chi connectivity index (χ1) is 12.5. The van der Waals surface area contributed by atoms with Crippen molar-refractivity contribution in [3.05, 3.63) is 29.8 Å². The summed E-state index contributed by atoms with van der Waals surface area (Å²) < 4.78 is 35.1. The summed E-state index contributed by atoms with van der Waals surface area (Å²) >= 11 is 0.750. The van der Waals surface area contributed by atoms with Crippen LogP contribution >= 0.6 is 0 Å². The zero-order valence-electron chi connectivity index (χ0n) is 15.8. The monoisotopic (exact) mass is 428 g/mol. The smallest absolute Gasteiger partial charge is 0.325 e. The molecule has 2 atom stereocenters. The maximum Gasteiger partial charge on any atom is 0.325 e. The molecule has 0 saturated carbocycles. The van der Waals surface area contributed by atoms with Crippen LogP contribution in [0.2, 0.25) is 0 Å². The SMILES string of the molecule is CCCCc1ccccc1O[CH]([K])CC.O=C(O)CC(C(=O)O)S(=O)(=O)O. The quantitative estimate of drug-likeness (QED) is 0.380. The van der Waals surface area contributed by atoms with Crippen LogP contribution in [0.1, 0.15) is 45.1 Å². The van der Waals surface area contributed by atoms with Gasteiger partial charge in [-0.05, 0) is 0 Å². The van der Waals surface area contributed by atoms with Crippen LogP contribution in [0.4, 0.5) is 0 Å². The Hall–Kier alpha value is -0.494. The average Bonchev–Trinajstić information content (AvgIpc) is 2.58. The Morgan fingerprint density at radius 2 is 1.78 bits per heavy atom. The molecule has 1 aromatic rings. The van der Waals surface area contributed by atoms with Gasteiger partial charge in [0.1, 0.15) is 0 Å². The van der Waals surface area contributed by atoms with Crippen LogP contribution in [0.15, 0.2) is 24.3 Å². The number of hydrogen-bond acceptors (Lipinski definition) is 5. The van der Waals surface area contributed by atoms with Gasteiger partial charge in [-0.25, -0.2) is 0 Å². The molecule has 0 heterocycles. The zero-order chi connectivity index (χ0) is 21.0. The van der Waals surface area contributed by atoms with E-state index in [1.54, 1.807) is 0 Å². The topological polar surface area (TPSA) is 138 Å². The summed E-state index contributed by atoms with van der Waals surface area (Å²) in [5, 5.41) is 13.9. The fourth-order valence-electron chi connectivity index (χ4n) is 1.97. The van der Waals surface area contributed by atoms with Gasteiger partial charge in [-0.3, -0.25) is 14.1 Å². The van der Waals surface area contributed by atoms with Crippen LogP contribution in [-0.4, -0.2) is 89.5 Å². The number of unbranched alkanes of at least 4 members (excludes halogenated alkanes) is 1. The number of hydrogen-bond donors (Lipinski definition) is 3. The Bertz CT molecular complexity index is 705. The molecule has 0 fully saturated rings. The second-order valence-electron chi connectivity index (χ2n) is 5.99. The predicted molar refractivity (Wildman–Crippen MR) is 101 cm³/mol. The van der Waals surface area contributed by atoms with Gasteiger partial charge in [-0.15, -0.1) is 0 Å². The number of carboxylic acids is 2. The first kappa shape index (κ1) is 26.5. The molecular formula is C17H25KO8S. The van der Waals surface area contributed by atoms with Gasteiger partial charge in [-0.2, -0.15) is 8.42 Å². The van der Waals surface area contributed by atoms with Gasteiger partial charge in [0.05, 0.1) is 6.42 Å². The molecule has 27 heavy (non-hydrogen) atoms.